The van der Waals surface area contributed by atoms with Gasteiger partial charge in [0.2, 0.25) is 0 Å². The van der Waals surface area contributed by atoms with Gasteiger partial charge in [0.25, 0.3) is 0 Å². The summed E-state index contributed by atoms with van der Waals surface area (Å²) in [5, 5.41) is 11.0. The molecule has 0 saturated heterocycles. The molecule has 0 radical (unpaired) electrons. The SMILES string of the molecule is CCOC(=O)c1ccc(NC(=O)C(=O)NCc2ccc(/C=N/NC(=O)C(=O)Nc3ccc(C(C)C)cc3)o2)cc1. The number of benzene rings is 2. The lowest BCUT2D eigenvalue weighted by molar-refractivity contribution is -0.136. The average molecular weight is 548 g/mol. The molecule has 0 atom stereocenters. The van der Waals surface area contributed by atoms with Gasteiger partial charge in [-0.2, -0.15) is 5.10 Å². The van der Waals surface area contributed by atoms with Gasteiger partial charge in [0.15, 0.2) is 0 Å². The Morgan fingerprint density at radius 2 is 1.43 bits per heavy atom. The van der Waals surface area contributed by atoms with Crippen LogP contribution in [0.4, 0.5) is 11.4 Å². The number of hydrogen-bond acceptors (Lipinski definition) is 8. The van der Waals surface area contributed by atoms with Crippen molar-refractivity contribution < 1.29 is 33.1 Å². The zero-order valence-electron chi connectivity index (χ0n) is 22.1. The second-order valence-electron chi connectivity index (χ2n) is 8.67. The van der Waals surface area contributed by atoms with E-state index in [-0.39, 0.29) is 18.9 Å². The topological polar surface area (TPSA) is 168 Å². The Hall–Kier alpha value is -5.26. The number of hydrazone groups is 1. The Labute approximate surface area is 230 Å². The number of furan rings is 1. The second-order valence-corrected chi connectivity index (χ2v) is 8.67. The van der Waals surface area contributed by atoms with E-state index in [1.807, 2.05) is 12.1 Å². The highest BCUT2D eigenvalue weighted by Gasteiger charge is 2.16. The van der Waals surface area contributed by atoms with Crippen LogP contribution in [0.3, 0.4) is 0 Å². The molecule has 4 N–H and O–H groups in total. The van der Waals surface area contributed by atoms with E-state index in [0.29, 0.717) is 28.6 Å². The van der Waals surface area contributed by atoms with E-state index in [2.05, 4.69) is 40.3 Å². The first-order chi connectivity index (χ1) is 19.2. The first-order valence-electron chi connectivity index (χ1n) is 12.4. The van der Waals surface area contributed by atoms with Crippen molar-refractivity contribution >= 4 is 47.2 Å². The third-order valence-corrected chi connectivity index (χ3v) is 5.37. The molecule has 0 spiro atoms. The predicted molar refractivity (Wildman–Crippen MR) is 146 cm³/mol. The Kier molecular flexibility index (Phi) is 10.3. The van der Waals surface area contributed by atoms with E-state index in [1.54, 1.807) is 25.1 Å². The van der Waals surface area contributed by atoms with Gasteiger partial charge in [-0.3, -0.25) is 19.2 Å². The molecule has 4 amide bonds. The van der Waals surface area contributed by atoms with Crippen LogP contribution in [0, 0.1) is 0 Å². The van der Waals surface area contributed by atoms with Crippen LogP contribution < -0.4 is 21.4 Å². The van der Waals surface area contributed by atoms with E-state index < -0.39 is 29.6 Å². The van der Waals surface area contributed by atoms with Crippen LogP contribution in [0.1, 0.15) is 54.1 Å². The highest BCUT2D eigenvalue weighted by atomic mass is 16.5. The molecule has 3 rings (SSSR count). The average Bonchev–Trinajstić information content (AvgIpc) is 3.40. The van der Waals surface area contributed by atoms with Crippen LogP contribution in [0.5, 0.6) is 0 Å². The van der Waals surface area contributed by atoms with E-state index in [1.165, 1.54) is 36.5 Å². The minimum Gasteiger partial charge on any atom is -0.462 e. The Balaban J connectivity index is 1.41. The van der Waals surface area contributed by atoms with Crippen molar-refractivity contribution in [3.8, 4) is 0 Å². The van der Waals surface area contributed by atoms with Crippen LogP contribution in [0.15, 0.2) is 70.2 Å². The first kappa shape index (κ1) is 29.3. The van der Waals surface area contributed by atoms with Crippen LogP contribution in [0.25, 0.3) is 0 Å². The van der Waals surface area contributed by atoms with Crippen molar-refractivity contribution in [2.24, 2.45) is 5.10 Å². The summed E-state index contributed by atoms with van der Waals surface area (Å²) in [6.07, 6.45) is 1.18. The maximum Gasteiger partial charge on any atom is 0.338 e. The smallest absolute Gasteiger partial charge is 0.338 e. The molecule has 0 fully saturated rings. The maximum absolute atomic E-state index is 12.1. The monoisotopic (exact) mass is 547 g/mol. The van der Waals surface area contributed by atoms with Gasteiger partial charge in [-0.25, -0.2) is 10.2 Å². The summed E-state index contributed by atoms with van der Waals surface area (Å²) in [5.41, 5.74) is 4.33. The molecule has 0 aliphatic heterocycles. The summed E-state index contributed by atoms with van der Waals surface area (Å²) in [7, 11) is 0. The molecule has 0 aliphatic carbocycles. The molecule has 12 nitrogen and oxygen atoms in total. The Bertz CT molecular complexity index is 1390. The molecular weight excluding hydrogens is 518 g/mol. The minimum absolute atomic E-state index is 0.0910. The summed E-state index contributed by atoms with van der Waals surface area (Å²) >= 11 is 0. The molecule has 3 aromatic rings. The number of anilines is 2. The van der Waals surface area contributed by atoms with Crippen molar-refractivity contribution in [1.29, 1.82) is 0 Å². The summed E-state index contributed by atoms with van der Waals surface area (Å²) < 4.78 is 10.4. The molecule has 40 heavy (non-hydrogen) atoms. The van der Waals surface area contributed by atoms with Gasteiger partial charge in [0.05, 0.1) is 24.9 Å². The molecule has 0 bridgehead atoms. The van der Waals surface area contributed by atoms with Crippen LogP contribution >= 0.6 is 0 Å². The quantitative estimate of drug-likeness (QED) is 0.138. The van der Waals surface area contributed by atoms with Gasteiger partial charge < -0.3 is 25.1 Å². The van der Waals surface area contributed by atoms with Gasteiger partial charge >= 0.3 is 29.6 Å². The molecule has 1 aromatic heterocycles. The fourth-order valence-corrected chi connectivity index (χ4v) is 3.24. The normalized spacial score (nSPS) is 10.7. The number of esters is 1. The van der Waals surface area contributed by atoms with Gasteiger partial charge in [-0.05, 0) is 66.9 Å². The number of ether oxygens (including phenoxy) is 1. The largest absolute Gasteiger partial charge is 0.462 e. The molecule has 208 valence electrons. The lowest BCUT2D eigenvalue weighted by Crippen LogP contribution is -2.34. The molecule has 12 heteroatoms. The zero-order valence-corrected chi connectivity index (χ0v) is 22.1. The zero-order chi connectivity index (χ0) is 29.1. The van der Waals surface area contributed by atoms with Crippen molar-refractivity contribution in [3.05, 3.63) is 83.3 Å². The number of nitrogens with zero attached hydrogens (tertiary/aromatic N) is 1. The summed E-state index contributed by atoms with van der Waals surface area (Å²) in [6, 6.07) is 16.1. The second kappa shape index (κ2) is 14.0. The summed E-state index contributed by atoms with van der Waals surface area (Å²) in [6.45, 7) is 5.95. The molecule has 1 heterocycles. The van der Waals surface area contributed by atoms with E-state index >= 15 is 0 Å². The Morgan fingerprint density at radius 3 is 2.02 bits per heavy atom. The summed E-state index contributed by atoms with van der Waals surface area (Å²) in [4.78, 5) is 60.0. The molecular formula is C28H29N5O7. The molecule has 0 aliphatic rings. The fraction of sp³-hybridized carbons (Fsp3) is 0.214. The van der Waals surface area contributed by atoms with Gasteiger partial charge in [-0.15, -0.1) is 0 Å². The van der Waals surface area contributed by atoms with Crippen LogP contribution in [0.2, 0.25) is 0 Å². The van der Waals surface area contributed by atoms with E-state index in [0.717, 1.165) is 5.56 Å². The highest BCUT2D eigenvalue weighted by Crippen LogP contribution is 2.17. The standard InChI is InChI=1S/C28H29N5O7/c1-4-39-28(38)19-7-11-21(12-8-19)31-25(35)24(34)29-15-22-13-14-23(40-22)16-30-33-27(37)26(36)32-20-9-5-18(6-10-20)17(2)3/h5-14,16-17H,4,15H2,1-3H3,(H,29,34)(H,31,35)(H,32,36)(H,33,37)/b30-16+. The number of carbonyl (C=O) groups is 5. The van der Waals surface area contributed by atoms with Crippen molar-refractivity contribution in [2.45, 2.75) is 33.2 Å². The van der Waals surface area contributed by atoms with E-state index in [4.69, 9.17) is 9.15 Å². The Morgan fingerprint density at radius 1 is 0.825 bits per heavy atom. The lowest BCUT2D eigenvalue weighted by Gasteiger charge is -2.07. The number of hydrogen-bond donors (Lipinski definition) is 4. The summed E-state index contributed by atoms with van der Waals surface area (Å²) in [5.74, 6) is -3.26. The highest BCUT2D eigenvalue weighted by molar-refractivity contribution is 6.40. The number of carbonyl (C=O) groups excluding carboxylic acids is 5. The van der Waals surface area contributed by atoms with E-state index in [9.17, 15) is 24.0 Å². The molecule has 0 saturated carbocycles. The van der Waals surface area contributed by atoms with Crippen molar-refractivity contribution in [1.82, 2.24) is 10.7 Å². The van der Waals surface area contributed by atoms with Gasteiger partial charge in [-0.1, -0.05) is 26.0 Å². The number of rotatable bonds is 9. The number of nitrogens with one attached hydrogen (secondary N) is 4. The van der Waals surface area contributed by atoms with Crippen LogP contribution in [-0.4, -0.2) is 42.4 Å². The predicted octanol–water partition coefficient (Wildman–Crippen LogP) is 2.92. The third-order valence-electron chi connectivity index (χ3n) is 5.37. The van der Waals surface area contributed by atoms with Gasteiger partial charge in [0.1, 0.15) is 11.5 Å². The maximum atomic E-state index is 12.1. The lowest BCUT2D eigenvalue weighted by atomic mass is 10.0. The molecule has 2 aromatic carbocycles. The first-order valence-corrected chi connectivity index (χ1v) is 12.4. The fourth-order valence-electron chi connectivity index (χ4n) is 3.24. The number of amides is 4. The van der Waals surface area contributed by atoms with Gasteiger partial charge in [0, 0.05) is 11.4 Å². The van der Waals surface area contributed by atoms with Crippen molar-refractivity contribution in [2.75, 3.05) is 17.2 Å². The molecule has 0 unspecified atom stereocenters. The minimum atomic E-state index is -0.968. The van der Waals surface area contributed by atoms with Crippen LogP contribution in [-0.2, 0) is 30.5 Å². The van der Waals surface area contributed by atoms with Crippen molar-refractivity contribution in [3.63, 3.8) is 0 Å². The third kappa shape index (κ3) is 8.65.